The highest BCUT2D eigenvalue weighted by molar-refractivity contribution is 5.81. The lowest BCUT2D eigenvalue weighted by atomic mass is 10.0. The Kier molecular flexibility index (Phi) is 4.52. The van der Waals surface area contributed by atoms with Crippen molar-refractivity contribution in [2.75, 3.05) is 7.11 Å². The second kappa shape index (κ2) is 7.14. The monoisotopic (exact) mass is 370 g/mol. The third kappa shape index (κ3) is 2.98. The van der Waals surface area contributed by atoms with Gasteiger partial charge in [0.25, 0.3) is 5.88 Å². The third-order valence-electron chi connectivity index (χ3n) is 4.59. The van der Waals surface area contributed by atoms with Crippen LogP contribution in [0.1, 0.15) is 16.8 Å². The minimum Gasteiger partial charge on any atom is -0.478 e. The van der Waals surface area contributed by atoms with Gasteiger partial charge in [0, 0.05) is 17.3 Å². The van der Waals surface area contributed by atoms with Crippen LogP contribution in [0.4, 0.5) is 0 Å². The number of fused-ring (bicyclic) bond motifs is 1. The number of benzene rings is 2. The molecule has 0 spiro atoms. The molecule has 0 fully saturated rings. The van der Waals surface area contributed by atoms with Crippen molar-refractivity contribution >= 4 is 5.65 Å². The number of nitriles is 1. The number of aliphatic hydroxyl groups is 1. The van der Waals surface area contributed by atoms with Crippen LogP contribution in [-0.4, -0.2) is 26.6 Å². The van der Waals surface area contributed by atoms with Crippen molar-refractivity contribution in [3.8, 4) is 34.5 Å². The number of methoxy groups -OCH3 is 1. The van der Waals surface area contributed by atoms with Crippen molar-refractivity contribution in [3.63, 3.8) is 0 Å². The van der Waals surface area contributed by atoms with E-state index in [9.17, 15) is 5.11 Å². The molecule has 0 aliphatic carbocycles. The highest BCUT2D eigenvalue weighted by atomic mass is 16.5. The Morgan fingerprint density at radius 2 is 1.71 bits per heavy atom. The minimum absolute atomic E-state index is 0.176. The van der Waals surface area contributed by atoms with Gasteiger partial charge in [-0.15, -0.1) is 0 Å². The van der Waals surface area contributed by atoms with E-state index < -0.39 is 0 Å². The fourth-order valence-corrected chi connectivity index (χ4v) is 3.17. The molecule has 0 unspecified atom stereocenters. The molecule has 6 heteroatoms. The molecule has 0 bridgehead atoms. The van der Waals surface area contributed by atoms with Crippen LogP contribution in [-0.2, 0) is 6.61 Å². The quantitative estimate of drug-likeness (QED) is 0.592. The summed E-state index contributed by atoms with van der Waals surface area (Å²) in [5.74, 6) is 0.370. The Labute approximate surface area is 162 Å². The molecule has 4 rings (SSSR count). The SMILES string of the molecule is COc1nc(-c2ccc(C#N)cc2)c(-c2ccc(C)cc2)n2cc(CO)nc12. The molecule has 0 aliphatic heterocycles. The second-order valence-electron chi connectivity index (χ2n) is 6.46. The molecule has 0 amide bonds. The van der Waals surface area contributed by atoms with E-state index in [2.05, 4.69) is 11.1 Å². The fraction of sp³-hybridized carbons (Fsp3) is 0.136. The van der Waals surface area contributed by atoms with Gasteiger partial charge in [-0.2, -0.15) is 5.26 Å². The summed E-state index contributed by atoms with van der Waals surface area (Å²) in [5, 5.41) is 18.7. The van der Waals surface area contributed by atoms with Crippen molar-refractivity contribution in [3.05, 3.63) is 71.5 Å². The average Bonchev–Trinajstić information content (AvgIpc) is 3.18. The standard InChI is InChI=1S/C22H18N4O2/c1-14-3-7-17(8-4-14)20-19(16-9-5-15(11-23)6-10-16)25-22(28-2)21-24-18(13-27)12-26(20)21/h3-10,12,27H,13H2,1-2H3. The molecule has 2 aromatic heterocycles. The van der Waals surface area contributed by atoms with Crippen molar-refractivity contribution in [2.45, 2.75) is 13.5 Å². The van der Waals surface area contributed by atoms with Gasteiger partial charge < -0.3 is 9.84 Å². The summed E-state index contributed by atoms with van der Waals surface area (Å²) >= 11 is 0. The minimum atomic E-state index is -0.176. The largest absolute Gasteiger partial charge is 0.478 e. The maximum absolute atomic E-state index is 9.58. The number of hydrogen-bond donors (Lipinski definition) is 1. The average molecular weight is 370 g/mol. The summed E-state index contributed by atoms with van der Waals surface area (Å²) in [6.07, 6.45) is 1.79. The van der Waals surface area contributed by atoms with Crippen LogP contribution < -0.4 is 4.74 Å². The predicted octanol–water partition coefficient (Wildman–Crippen LogP) is 3.74. The summed E-state index contributed by atoms with van der Waals surface area (Å²) in [4.78, 5) is 9.17. The van der Waals surface area contributed by atoms with E-state index in [-0.39, 0.29) is 6.61 Å². The Balaban J connectivity index is 2.07. The molecule has 2 heterocycles. The first kappa shape index (κ1) is 17.7. The van der Waals surface area contributed by atoms with Crippen LogP contribution in [0.15, 0.2) is 54.7 Å². The zero-order valence-corrected chi connectivity index (χ0v) is 15.5. The maximum atomic E-state index is 9.58. The predicted molar refractivity (Wildman–Crippen MR) is 106 cm³/mol. The van der Waals surface area contributed by atoms with E-state index in [4.69, 9.17) is 15.0 Å². The molecule has 138 valence electrons. The third-order valence-corrected chi connectivity index (χ3v) is 4.59. The number of nitrogens with zero attached hydrogens (tertiary/aromatic N) is 4. The Bertz CT molecular complexity index is 1190. The lowest BCUT2D eigenvalue weighted by Crippen LogP contribution is -2.02. The van der Waals surface area contributed by atoms with Gasteiger partial charge in [0.1, 0.15) is 0 Å². The summed E-state index contributed by atoms with van der Waals surface area (Å²) in [6, 6.07) is 17.5. The summed E-state index contributed by atoms with van der Waals surface area (Å²) < 4.78 is 7.37. The normalized spacial score (nSPS) is 10.8. The van der Waals surface area contributed by atoms with E-state index in [0.717, 1.165) is 22.4 Å². The van der Waals surface area contributed by atoms with Gasteiger partial charge in [0.15, 0.2) is 0 Å². The first-order chi connectivity index (χ1) is 13.6. The smallest absolute Gasteiger partial charge is 0.258 e. The molecular weight excluding hydrogens is 352 g/mol. The van der Waals surface area contributed by atoms with Crippen molar-refractivity contribution in [2.24, 2.45) is 0 Å². The molecule has 6 nitrogen and oxygen atoms in total. The molecule has 0 atom stereocenters. The molecule has 0 saturated carbocycles. The molecule has 4 aromatic rings. The molecule has 0 saturated heterocycles. The van der Waals surface area contributed by atoms with Crippen LogP contribution in [0.5, 0.6) is 5.88 Å². The topological polar surface area (TPSA) is 83.4 Å². The Morgan fingerprint density at radius 3 is 2.32 bits per heavy atom. The van der Waals surface area contributed by atoms with Gasteiger partial charge in [-0.05, 0) is 19.1 Å². The van der Waals surface area contributed by atoms with Crippen LogP contribution >= 0.6 is 0 Å². The van der Waals surface area contributed by atoms with Crippen molar-refractivity contribution < 1.29 is 9.84 Å². The van der Waals surface area contributed by atoms with Gasteiger partial charge in [0.2, 0.25) is 5.65 Å². The first-order valence-electron chi connectivity index (χ1n) is 8.79. The summed E-state index contributed by atoms with van der Waals surface area (Å²) in [7, 11) is 1.55. The molecule has 1 N–H and O–H groups in total. The number of imidazole rings is 1. The number of rotatable bonds is 4. The van der Waals surface area contributed by atoms with Gasteiger partial charge in [-0.1, -0.05) is 42.0 Å². The summed E-state index contributed by atoms with van der Waals surface area (Å²) in [5.41, 5.74) is 6.18. The number of hydrogen-bond acceptors (Lipinski definition) is 5. The molecular formula is C22H18N4O2. The zero-order valence-electron chi connectivity index (χ0n) is 15.5. The van der Waals surface area contributed by atoms with Gasteiger partial charge >= 0.3 is 0 Å². The zero-order chi connectivity index (χ0) is 19.7. The maximum Gasteiger partial charge on any atom is 0.258 e. The van der Waals surface area contributed by atoms with E-state index >= 15 is 0 Å². The van der Waals surface area contributed by atoms with Crippen LogP contribution in [0.25, 0.3) is 28.2 Å². The highest BCUT2D eigenvalue weighted by Gasteiger charge is 2.20. The number of aryl methyl sites for hydroxylation is 1. The number of aliphatic hydroxyl groups excluding tert-OH is 1. The van der Waals surface area contributed by atoms with Crippen LogP contribution in [0, 0.1) is 18.3 Å². The van der Waals surface area contributed by atoms with Crippen LogP contribution in [0.2, 0.25) is 0 Å². The second-order valence-corrected chi connectivity index (χ2v) is 6.46. The highest BCUT2D eigenvalue weighted by Crippen LogP contribution is 2.35. The molecule has 0 aliphatic rings. The number of aromatic nitrogens is 3. The van der Waals surface area contributed by atoms with Crippen molar-refractivity contribution in [1.29, 1.82) is 5.26 Å². The van der Waals surface area contributed by atoms with E-state index in [1.165, 1.54) is 0 Å². The number of ether oxygens (including phenoxy) is 1. The van der Waals surface area contributed by atoms with E-state index in [0.29, 0.717) is 28.5 Å². The fourth-order valence-electron chi connectivity index (χ4n) is 3.17. The van der Waals surface area contributed by atoms with E-state index in [1.807, 2.05) is 47.7 Å². The lowest BCUT2D eigenvalue weighted by Gasteiger charge is -2.14. The van der Waals surface area contributed by atoms with Crippen molar-refractivity contribution in [1.82, 2.24) is 14.4 Å². The van der Waals surface area contributed by atoms with Gasteiger partial charge in [-0.3, -0.25) is 4.40 Å². The van der Waals surface area contributed by atoms with Gasteiger partial charge in [0.05, 0.1) is 42.4 Å². The van der Waals surface area contributed by atoms with Gasteiger partial charge in [-0.25, -0.2) is 9.97 Å². The molecule has 2 aromatic carbocycles. The van der Waals surface area contributed by atoms with E-state index in [1.54, 1.807) is 25.4 Å². The molecule has 0 radical (unpaired) electrons. The lowest BCUT2D eigenvalue weighted by molar-refractivity contribution is 0.277. The Hall–Kier alpha value is -3.69. The van der Waals surface area contributed by atoms with Crippen LogP contribution in [0.3, 0.4) is 0 Å². The first-order valence-corrected chi connectivity index (χ1v) is 8.79. The summed E-state index contributed by atoms with van der Waals surface area (Å²) in [6.45, 7) is 1.86. The molecule has 28 heavy (non-hydrogen) atoms. The Morgan fingerprint density at radius 1 is 1.04 bits per heavy atom.